The second-order valence-corrected chi connectivity index (χ2v) is 8.52. The summed E-state index contributed by atoms with van der Waals surface area (Å²) in [5.41, 5.74) is 2.24. The molecule has 4 nitrogen and oxygen atoms in total. The summed E-state index contributed by atoms with van der Waals surface area (Å²) < 4.78 is 0. The molecule has 3 fully saturated rings. The minimum absolute atomic E-state index is 0.180. The molecule has 2 saturated heterocycles. The third kappa shape index (κ3) is 3.51. The van der Waals surface area contributed by atoms with Crippen LogP contribution >= 0.6 is 0 Å². The van der Waals surface area contributed by atoms with Gasteiger partial charge in [0.15, 0.2) is 0 Å². The average Bonchev–Trinajstić information content (AvgIpc) is 3.49. The number of likely N-dealkylation sites (tertiary alicyclic amines) is 2. The summed E-state index contributed by atoms with van der Waals surface area (Å²) in [7, 11) is 0. The zero-order valence-electron chi connectivity index (χ0n) is 15.9. The van der Waals surface area contributed by atoms with Gasteiger partial charge in [-0.1, -0.05) is 25.1 Å². The molecule has 4 heteroatoms. The molecule has 140 valence electrons. The van der Waals surface area contributed by atoms with E-state index in [1.807, 2.05) is 23.1 Å². The summed E-state index contributed by atoms with van der Waals surface area (Å²) in [5, 5.41) is 0. The summed E-state index contributed by atoms with van der Waals surface area (Å²) in [6.45, 7) is 5.62. The number of amides is 2. The Morgan fingerprint density at radius 3 is 2.58 bits per heavy atom. The number of hydrogen-bond acceptors (Lipinski definition) is 2. The molecular weight excluding hydrogens is 324 g/mol. The molecule has 1 spiro atoms. The molecule has 3 aliphatic rings. The Bertz CT molecular complexity index is 687. The zero-order valence-corrected chi connectivity index (χ0v) is 15.9. The van der Waals surface area contributed by atoms with Crippen molar-refractivity contribution >= 4 is 11.8 Å². The number of benzene rings is 1. The van der Waals surface area contributed by atoms with Crippen LogP contribution in [-0.4, -0.2) is 47.8 Å². The Kier molecular flexibility index (Phi) is 4.76. The van der Waals surface area contributed by atoms with Crippen molar-refractivity contribution in [1.29, 1.82) is 0 Å². The Morgan fingerprint density at radius 1 is 1.15 bits per heavy atom. The SMILES string of the molecule is CCc1ccccc1C(=O)N1CCC2(CCC(=O)N(CC3CC3)C2)CC1. The van der Waals surface area contributed by atoms with Gasteiger partial charge in [0.05, 0.1) is 0 Å². The summed E-state index contributed by atoms with van der Waals surface area (Å²) in [5.74, 6) is 1.28. The van der Waals surface area contributed by atoms with E-state index in [4.69, 9.17) is 0 Å². The highest BCUT2D eigenvalue weighted by atomic mass is 16.2. The lowest BCUT2D eigenvalue weighted by Crippen LogP contribution is -2.52. The molecular formula is C22H30N2O2. The molecule has 0 aromatic heterocycles. The molecule has 1 aliphatic carbocycles. The van der Waals surface area contributed by atoms with Crippen LogP contribution in [0.5, 0.6) is 0 Å². The van der Waals surface area contributed by atoms with Gasteiger partial charge < -0.3 is 9.80 Å². The number of carbonyl (C=O) groups excluding carboxylic acids is 2. The van der Waals surface area contributed by atoms with Crippen LogP contribution in [0.25, 0.3) is 0 Å². The fraction of sp³-hybridized carbons (Fsp3) is 0.636. The molecule has 1 aromatic rings. The quantitative estimate of drug-likeness (QED) is 0.830. The largest absolute Gasteiger partial charge is 0.342 e. The van der Waals surface area contributed by atoms with E-state index in [2.05, 4.69) is 17.9 Å². The number of rotatable bonds is 4. The summed E-state index contributed by atoms with van der Waals surface area (Å²) >= 11 is 0. The lowest BCUT2D eigenvalue weighted by Gasteiger charge is -2.47. The van der Waals surface area contributed by atoms with Gasteiger partial charge >= 0.3 is 0 Å². The van der Waals surface area contributed by atoms with Crippen LogP contribution in [0.4, 0.5) is 0 Å². The molecule has 0 atom stereocenters. The highest BCUT2D eigenvalue weighted by Gasteiger charge is 2.42. The second kappa shape index (κ2) is 7.05. The van der Waals surface area contributed by atoms with Gasteiger partial charge in [-0.15, -0.1) is 0 Å². The van der Waals surface area contributed by atoms with Crippen molar-refractivity contribution in [2.75, 3.05) is 26.2 Å². The molecule has 1 aromatic carbocycles. The van der Waals surface area contributed by atoms with Gasteiger partial charge in [-0.3, -0.25) is 9.59 Å². The third-order valence-electron chi connectivity index (χ3n) is 6.66. The molecule has 2 aliphatic heterocycles. The van der Waals surface area contributed by atoms with E-state index >= 15 is 0 Å². The van der Waals surface area contributed by atoms with Crippen LogP contribution in [0.1, 0.15) is 61.4 Å². The lowest BCUT2D eigenvalue weighted by atomic mass is 9.72. The van der Waals surface area contributed by atoms with Gasteiger partial charge in [0.1, 0.15) is 0 Å². The molecule has 2 heterocycles. The van der Waals surface area contributed by atoms with Gasteiger partial charge in [0.2, 0.25) is 5.91 Å². The van der Waals surface area contributed by atoms with Crippen LogP contribution in [-0.2, 0) is 11.2 Å². The monoisotopic (exact) mass is 354 g/mol. The van der Waals surface area contributed by atoms with E-state index < -0.39 is 0 Å². The second-order valence-electron chi connectivity index (χ2n) is 8.52. The van der Waals surface area contributed by atoms with Gasteiger partial charge in [0, 0.05) is 38.2 Å². The maximum absolute atomic E-state index is 13.0. The molecule has 0 N–H and O–H groups in total. The van der Waals surface area contributed by atoms with E-state index in [1.165, 1.54) is 12.8 Å². The Morgan fingerprint density at radius 2 is 1.88 bits per heavy atom. The molecule has 4 rings (SSSR count). The fourth-order valence-electron chi connectivity index (χ4n) is 4.68. The van der Waals surface area contributed by atoms with Crippen molar-refractivity contribution in [3.8, 4) is 0 Å². The normalized spacial score (nSPS) is 22.7. The van der Waals surface area contributed by atoms with Gasteiger partial charge in [0.25, 0.3) is 5.91 Å². The molecule has 0 unspecified atom stereocenters. The first kappa shape index (κ1) is 17.6. The standard InChI is InChI=1S/C22H30N2O2/c1-2-18-5-3-4-6-19(18)21(26)23-13-11-22(12-14-23)10-9-20(25)24(16-22)15-17-7-8-17/h3-6,17H,2,7-16H2,1H3. The first-order valence-corrected chi connectivity index (χ1v) is 10.3. The predicted octanol–water partition coefficient (Wildman–Crippen LogP) is 3.50. The number of nitrogens with zero attached hydrogens (tertiary/aromatic N) is 2. The first-order chi connectivity index (χ1) is 12.6. The molecule has 0 bridgehead atoms. The Hall–Kier alpha value is -1.84. The van der Waals surface area contributed by atoms with Crippen molar-refractivity contribution in [2.45, 2.75) is 51.9 Å². The van der Waals surface area contributed by atoms with Gasteiger partial charge in [-0.2, -0.15) is 0 Å². The number of hydrogen-bond donors (Lipinski definition) is 0. The summed E-state index contributed by atoms with van der Waals surface area (Å²) in [6.07, 6.45) is 7.21. The van der Waals surface area contributed by atoms with E-state index in [0.717, 1.165) is 68.9 Å². The van der Waals surface area contributed by atoms with Crippen LogP contribution in [0, 0.1) is 11.3 Å². The van der Waals surface area contributed by atoms with Crippen LogP contribution in [0.2, 0.25) is 0 Å². The zero-order chi connectivity index (χ0) is 18.1. The van der Waals surface area contributed by atoms with Crippen LogP contribution in [0.15, 0.2) is 24.3 Å². The highest BCUT2D eigenvalue weighted by molar-refractivity contribution is 5.95. The van der Waals surface area contributed by atoms with E-state index in [1.54, 1.807) is 0 Å². The summed E-state index contributed by atoms with van der Waals surface area (Å²) in [4.78, 5) is 29.4. The van der Waals surface area contributed by atoms with Crippen molar-refractivity contribution in [2.24, 2.45) is 11.3 Å². The van der Waals surface area contributed by atoms with E-state index in [9.17, 15) is 9.59 Å². The lowest BCUT2D eigenvalue weighted by molar-refractivity contribution is -0.139. The minimum atomic E-state index is 0.180. The number of aryl methyl sites for hydroxylation is 1. The Labute approximate surface area is 156 Å². The molecule has 1 saturated carbocycles. The van der Waals surface area contributed by atoms with Gasteiger partial charge in [-0.25, -0.2) is 0 Å². The Balaban J connectivity index is 1.40. The fourth-order valence-corrected chi connectivity index (χ4v) is 4.68. The molecule has 0 radical (unpaired) electrons. The van der Waals surface area contributed by atoms with Crippen molar-refractivity contribution in [1.82, 2.24) is 9.80 Å². The predicted molar refractivity (Wildman–Crippen MR) is 102 cm³/mol. The smallest absolute Gasteiger partial charge is 0.254 e. The van der Waals surface area contributed by atoms with Crippen LogP contribution < -0.4 is 0 Å². The maximum atomic E-state index is 13.0. The maximum Gasteiger partial charge on any atom is 0.254 e. The van der Waals surface area contributed by atoms with E-state index in [0.29, 0.717) is 12.3 Å². The first-order valence-electron chi connectivity index (χ1n) is 10.3. The number of piperidine rings is 2. The molecule has 26 heavy (non-hydrogen) atoms. The number of carbonyl (C=O) groups is 2. The van der Waals surface area contributed by atoms with Crippen molar-refractivity contribution < 1.29 is 9.59 Å². The third-order valence-corrected chi connectivity index (χ3v) is 6.66. The topological polar surface area (TPSA) is 40.6 Å². The average molecular weight is 354 g/mol. The van der Waals surface area contributed by atoms with Crippen molar-refractivity contribution in [3.63, 3.8) is 0 Å². The van der Waals surface area contributed by atoms with Crippen molar-refractivity contribution in [3.05, 3.63) is 35.4 Å². The highest BCUT2D eigenvalue weighted by Crippen LogP contribution is 2.42. The van der Waals surface area contributed by atoms with Crippen LogP contribution in [0.3, 0.4) is 0 Å². The minimum Gasteiger partial charge on any atom is -0.342 e. The van der Waals surface area contributed by atoms with E-state index in [-0.39, 0.29) is 11.3 Å². The van der Waals surface area contributed by atoms with Gasteiger partial charge in [-0.05, 0) is 61.5 Å². The summed E-state index contributed by atoms with van der Waals surface area (Å²) in [6, 6.07) is 7.98. The molecule has 2 amide bonds.